The zero-order chi connectivity index (χ0) is 10.5. The molecule has 1 radical (unpaired) electrons. The first-order chi connectivity index (χ1) is 7.34. The fourth-order valence-electron chi connectivity index (χ4n) is 1.99. The van der Waals surface area contributed by atoms with E-state index in [-0.39, 0.29) is 6.04 Å². The van der Waals surface area contributed by atoms with Crippen LogP contribution in [0, 0.1) is 0 Å². The Morgan fingerprint density at radius 1 is 1.27 bits per heavy atom. The van der Waals surface area contributed by atoms with Crippen molar-refractivity contribution in [1.82, 2.24) is 15.6 Å². The van der Waals surface area contributed by atoms with Crippen LogP contribution in [0.25, 0.3) is 0 Å². The first-order valence-electron chi connectivity index (χ1n) is 5.67. The Morgan fingerprint density at radius 3 is 2.60 bits per heavy atom. The summed E-state index contributed by atoms with van der Waals surface area (Å²) in [4.78, 5) is 6.48. The van der Waals surface area contributed by atoms with E-state index < -0.39 is 0 Å². The quantitative estimate of drug-likeness (QED) is 0.746. The van der Waals surface area contributed by atoms with Crippen LogP contribution in [0.1, 0.15) is 18.4 Å². The lowest BCUT2D eigenvalue weighted by atomic mass is 10.1. The summed E-state index contributed by atoms with van der Waals surface area (Å²) in [6, 6.07) is 4.34. The first-order valence-corrected chi connectivity index (χ1v) is 5.67. The van der Waals surface area contributed by atoms with E-state index in [1.165, 1.54) is 5.56 Å². The van der Waals surface area contributed by atoms with Crippen molar-refractivity contribution in [2.75, 3.05) is 19.6 Å². The van der Waals surface area contributed by atoms with Crippen LogP contribution < -0.4 is 5.73 Å². The molecular formula is C12H18N3. The number of nitrogens with one attached hydrogen (secondary N) is 1. The second kappa shape index (κ2) is 5.24. The molecule has 1 aromatic heterocycles. The zero-order valence-electron chi connectivity index (χ0n) is 9.02. The summed E-state index contributed by atoms with van der Waals surface area (Å²) in [7, 11) is 0. The molecule has 81 valence electrons. The summed E-state index contributed by atoms with van der Waals surface area (Å²) < 4.78 is 0. The number of nitrogens with zero attached hydrogens (tertiary/aromatic N) is 2. The molecular weight excluding hydrogens is 186 g/mol. The number of hydrogen-bond acceptors (Lipinski definition) is 2. The van der Waals surface area contributed by atoms with E-state index in [2.05, 4.69) is 22.0 Å². The van der Waals surface area contributed by atoms with Crippen molar-refractivity contribution in [1.29, 1.82) is 0 Å². The molecule has 1 fully saturated rings. The first kappa shape index (κ1) is 10.6. The molecule has 0 amide bonds. The van der Waals surface area contributed by atoms with Gasteiger partial charge in [0, 0.05) is 25.0 Å². The van der Waals surface area contributed by atoms with Gasteiger partial charge in [-0.1, -0.05) is 0 Å². The van der Waals surface area contributed by atoms with Crippen molar-refractivity contribution in [3.63, 3.8) is 0 Å². The van der Waals surface area contributed by atoms with Crippen LogP contribution in [-0.2, 0) is 6.42 Å². The van der Waals surface area contributed by atoms with Gasteiger partial charge in [-0.2, -0.15) is 0 Å². The maximum atomic E-state index is 7.62. The maximum absolute atomic E-state index is 7.62. The molecule has 0 bridgehead atoms. The fourth-order valence-corrected chi connectivity index (χ4v) is 1.99. The van der Waals surface area contributed by atoms with E-state index in [0.29, 0.717) is 0 Å². The van der Waals surface area contributed by atoms with Gasteiger partial charge in [-0.15, -0.1) is 0 Å². The highest BCUT2D eigenvalue weighted by Crippen LogP contribution is 2.10. The normalized spacial score (nSPS) is 19.3. The van der Waals surface area contributed by atoms with Gasteiger partial charge in [-0.25, -0.2) is 0 Å². The van der Waals surface area contributed by atoms with Crippen molar-refractivity contribution in [2.45, 2.75) is 25.3 Å². The maximum Gasteiger partial charge on any atom is 0.0270 e. The Kier molecular flexibility index (Phi) is 3.69. The molecule has 15 heavy (non-hydrogen) atoms. The van der Waals surface area contributed by atoms with Gasteiger partial charge in [0.2, 0.25) is 0 Å². The highest BCUT2D eigenvalue weighted by Gasteiger charge is 2.15. The topological polar surface area (TPSA) is 39.9 Å². The summed E-state index contributed by atoms with van der Waals surface area (Å²) in [6.45, 7) is 3.31. The van der Waals surface area contributed by atoms with Gasteiger partial charge in [0.25, 0.3) is 0 Å². The van der Waals surface area contributed by atoms with Crippen LogP contribution >= 0.6 is 0 Å². The van der Waals surface area contributed by atoms with E-state index in [4.69, 9.17) is 5.73 Å². The Morgan fingerprint density at radius 2 is 1.93 bits per heavy atom. The van der Waals surface area contributed by atoms with E-state index in [1.54, 1.807) is 0 Å². The fraction of sp³-hybridized carbons (Fsp3) is 0.583. The molecule has 0 unspecified atom stereocenters. The monoisotopic (exact) mass is 204 g/mol. The summed E-state index contributed by atoms with van der Waals surface area (Å²) in [5.74, 6) is 0. The molecule has 2 rings (SSSR count). The Labute approximate surface area is 91.3 Å². The van der Waals surface area contributed by atoms with Crippen LogP contribution in [0.15, 0.2) is 24.5 Å². The zero-order valence-corrected chi connectivity index (χ0v) is 9.02. The Bertz CT molecular complexity index is 278. The molecule has 1 aliphatic rings. The van der Waals surface area contributed by atoms with Crippen molar-refractivity contribution in [3.8, 4) is 0 Å². The number of hydrogen-bond donors (Lipinski definition) is 0. The minimum Gasteiger partial charge on any atom is -0.303 e. The lowest BCUT2D eigenvalue weighted by molar-refractivity contribution is 0.213. The molecule has 0 aromatic carbocycles. The molecule has 1 aromatic rings. The predicted octanol–water partition coefficient (Wildman–Crippen LogP) is 1.37. The molecule has 1 aliphatic heterocycles. The number of piperidine rings is 1. The van der Waals surface area contributed by atoms with E-state index in [9.17, 15) is 0 Å². The number of aromatic nitrogens is 1. The minimum atomic E-state index is 0.183. The minimum absolute atomic E-state index is 0.183. The molecule has 1 N–H and O–H groups in total. The van der Waals surface area contributed by atoms with Gasteiger partial charge in [0.15, 0.2) is 0 Å². The van der Waals surface area contributed by atoms with Crippen molar-refractivity contribution in [2.24, 2.45) is 0 Å². The van der Waals surface area contributed by atoms with Crippen LogP contribution in [0.4, 0.5) is 0 Å². The second-order valence-electron chi connectivity index (χ2n) is 4.22. The van der Waals surface area contributed by atoms with Crippen LogP contribution in [0.5, 0.6) is 0 Å². The van der Waals surface area contributed by atoms with Gasteiger partial charge in [-0.05, 0) is 50.0 Å². The number of likely N-dealkylation sites (tertiary alicyclic amines) is 1. The molecule has 1 saturated heterocycles. The summed E-state index contributed by atoms with van der Waals surface area (Å²) >= 11 is 0. The molecule has 3 heteroatoms. The molecule has 0 saturated carbocycles. The standard InChI is InChI=1S/C12H18N3/c13-12-4-9-15(10-5-12)8-3-11-1-6-14-7-2-11/h1-2,6-7,12-13H,3-5,8-10H2. The average Bonchev–Trinajstić information content (AvgIpc) is 2.30. The molecule has 0 spiro atoms. The van der Waals surface area contributed by atoms with Gasteiger partial charge in [0.1, 0.15) is 0 Å². The lowest BCUT2D eigenvalue weighted by Crippen LogP contribution is -2.37. The van der Waals surface area contributed by atoms with Crippen molar-refractivity contribution >= 4 is 0 Å². The van der Waals surface area contributed by atoms with Gasteiger partial charge >= 0.3 is 0 Å². The van der Waals surface area contributed by atoms with Crippen LogP contribution in [-0.4, -0.2) is 35.6 Å². The third-order valence-corrected chi connectivity index (χ3v) is 3.05. The summed E-state index contributed by atoms with van der Waals surface area (Å²) in [5, 5.41) is 0. The van der Waals surface area contributed by atoms with Crippen LogP contribution in [0.3, 0.4) is 0 Å². The highest BCUT2D eigenvalue weighted by molar-refractivity contribution is 5.09. The highest BCUT2D eigenvalue weighted by atomic mass is 15.1. The van der Waals surface area contributed by atoms with Gasteiger partial charge in [-0.3, -0.25) is 10.7 Å². The van der Waals surface area contributed by atoms with Crippen molar-refractivity contribution in [3.05, 3.63) is 30.1 Å². The molecule has 2 heterocycles. The third kappa shape index (κ3) is 3.29. The predicted molar refractivity (Wildman–Crippen MR) is 60.5 cm³/mol. The van der Waals surface area contributed by atoms with E-state index in [0.717, 1.165) is 38.9 Å². The van der Waals surface area contributed by atoms with Gasteiger partial charge in [0.05, 0.1) is 0 Å². The molecule has 0 aliphatic carbocycles. The third-order valence-electron chi connectivity index (χ3n) is 3.05. The molecule has 0 atom stereocenters. The van der Waals surface area contributed by atoms with Crippen LogP contribution in [0.2, 0.25) is 0 Å². The largest absolute Gasteiger partial charge is 0.303 e. The second-order valence-corrected chi connectivity index (χ2v) is 4.22. The number of pyridine rings is 1. The average molecular weight is 204 g/mol. The summed E-state index contributed by atoms with van der Waals surface area (Å²) in [5.41, 5.74) is 8.98. The molecule has 3 nitrogen and oxygen atoms in total. The summed E-state index contributed by atoms with van der Waals surface area (Å²) in [6.07, 6.45) is 6.88. The Balaban J connectivity index is 1.74. The SMILES string of the molecule is [NH]C1CCN(CCc2ccncc2)CC1. The van der Waals surface area contributed by atoms with E-state index in [1.807, 2.05) is 12.4 Å². The van der Waals surface area contributed by atoms with Gasteiger partial charge < -0.3 is 4.90 Å². The smallest absolute Gasteiger partial charge is 0.0270 e. The Hall–Kier alpha value is -0.930. The van der Waals surface area contributed by atoms with Crippen molar-refractivity contribution < 1.29 is 0 Å². The van der Waals surface area contributed by atoms with E-state index >= 15 is 0 Å². The number of rotatable bonds is 3. The lowest BCUT2D eigenvalue weighted by Gasteiger charge is -2.29.